The van der Waals surface area contributed by atoms with Gasteiger partial charge in [-0.05, 0) is 43.2 Å². The van der Waals surface area contributed by atoms with E-state index in [0.29, 0.717) is 57.5 Å². The van der Waals surface area contributed by atoms with Gasteiger partial charge in [-0.15, -0.1) is 0 Å². The number of benzene rings is 2. The number of aryl methyl sites for hydroxylation is 2. The van der Waals surface area contributed by atoms with E-state index in [2.05, 4.69) is 15.3 Å². The molecular formula is C30H34ClN7O3S. The number of amides is 1. The van der Waals surface area contributed by atoms with Crippen molar-refractivity contribution in [2.75, 3.05) is 56.6 Å². The number of anilines is 2. The second kappa shape index (κ2) is 13.5. The predicted octanol–water partition coefficient (Wildman–Crippen LogP) is 4.27. The van der Waals surface area contributed by atoms with Gasteiger partial charge in [0.05, 0.1) is 27.1 Å². The van der Waals surface area contributed by atoms with Crippen molar-refractivity contribution in [1.29, 1.82) is 0 Å². The number of halogens is 1. The zero-order chi connectivity index (χ0) is 33.2. The van der Waals surface area contributed by atoms with E-state index in [1.54, 1.807) is 32.4 Å². The largest absolute Gasteiger partial charge is 0.497 e. The summed E-state index contributed by atoms with van der Waals surface area (Å²) in [6, 6.07) is 14.8. The molecule has 220 valence electrons. The molecule has 0 aliphatic carbocycles. The van der Waals surface area contributed by atoms with Crippen LogP contribution in [0.15, 0.2) is 59.7 Å². The molecule has 4 aromatic rings. The van der Waals surface area contributed by atoms with Gasteiger partial charge in [-0.3, -0.25) is 9.69 Å². The molecule has 1 fully saturated rings. The number of ether oxygens (including phenoxy) is 1. The van der Waals surface area contributed by atoms with Crippen LogP contribution in [0.1, 0.15) is 32.1 Å². The minimum atomic E-state index is -3.00. The molecule has 1 aliphatic heterocycles. The van der Waals surface area contributed by atoms with Gasteiger partial charge in [0.1, 0.15) is 22.3 Å². The quantitative estimate of drug-likeness (QED) is 0.291. The highest BCUT2D eigenvalue weighted by atomic mass is 35.5. The number of rotatable bonds is 9. The molecule has 2 aromatic heterocycles. The fourth-order valence-electron chi connectivity index (χ4n) is 4.55. The molecule has 1 saturated heterocycles. The molecule has 0 unspecified atom stereocenters. The molecule has 0 atom stereocenters. The summed E-state index contributed by atoms with van der Waals surface area (Å²) in [5.41, 5.74) is 2.35. The van der Waals surface area contributed by atoms with E-state index in [0.717, 1.165) is 16.9 Å². The van der Waals surface area contributed by atoms with Crippen LogP contribution in [-0.2, 0) is 6.54 Å². The normalized spacial score (nSPS) is 16.4. The fourth-order valence-corrected chi connectivity index (χ4v) is 5.71. The Morgan fingerprint density at radius 3 is 2.62 bits per heavy atom. The molecule has 5 rings (SSSR count). The summed E-state index contributed by atoms with van der Waals surface area (Å²) in [6.45, 7) is -0.419. The van der Waals surface area contributed by atoms with Crippen LogP contribution in [0.25, 0.3) is 0 Å². The molecule has 0 spiro atoms. The van der Waals surface area contributed by atoms with Crippen molar-refractivity contribution < 1.29 is 20.1 Å². The maximum absolute atomic E-state index is 13.4. The van der Waals surface area contributed by atoms with E-state index in [1.807, 2.05) is 52.8 Å². The Labute approximate surface area is 259 Å². The van der Waals surface area contributed by atoms with E-state index < -0.39 is 13.1 Å². The van der Waals surface area contributed by atoms with E-state index in [9.17, 15) is 9.90 Å². The summed E-state index contributed by atoms with van der Waals surface area (Å²) in [4.78, 5) is 31.5. The van der Waals surface area contributed by atoms with Crippen LogP contribution >= 0.6 is 22.9 Å². The van der Waals surface area contributed by atoms with E-state index in [-0.39, 0.29) is 19.0 Å². The van der Waals surface area contributed by atoms with Crippen molar-refractivity contribution in [3.8, 4) is 5.75 Å². The summed E-state index contributed by atoms with van der Waals surface area (Å²) in [7, 11) is 1.61. The van der Waals surface area contributed by atoms with Gasteiger partial charge < -0.3 is 24.6 Å². The maximum atomic E-state index is 13.4. The lowest BCUT2D eigenvalue weighted by Gasteiger charge is -2.35. The Morgan fingerprint density at radius 1 is 1.17 bits per heavy atom. The fraction of sp³-hybridized carbons (Fsp3) is 0.333. The first kappa shape index (κ1) is 24.8. The summed E-state index contributed by atoms with van der Waals surface area (Å²) in [5, 5.41) is 13.1. The van der Waals surface area contributed by atoms with Crippen LogP contribution in [0.5, 0.6) is 5.75 Å². The smallest absolute Gasteiger partial charge is 0.267 e. The lowest BCUT2D eigenvalue weighted by molar-refractivity contribution is 0.103. The number of piperazine rings is 1. The number of methoxy groups -OCH3 is 1. The average molecular weight is 612 g/mol. The Hall–Kier alpha value is -3.77. The van der Waals surface area contributed by atoms with Crippen molar-refractivity contribution in [2.45, 2.75) is 20.4 Å². The molecular weight excluding hydrogens is 574 g/mol. The molecule has 0 saturated carbocycles. The Bertz CT molecular complexity index is 1770. The lowest BCUT2D eigenvalue weighted by atomic mass is 10.2. The van der Waals surface area contributed by atoms with Crippen molar-refractivity contribution in [2.24, 2.45) is 4.99 Å². The zero-order valence-electron chi connectivity index (χ0n) is 27.5. The summed E-state index contributed by atoms with van der Waals surface area (Å²) >= 11 is 7.58. The minimum Gasteiger partial charge on any atom is -0.497 e. The molecule has 0 radical (unpaired) electrons. The van der Waals surface area contributed by atoms with Crippen molar-refractivity contribution >= 4 is 46.2 Å². The van der Waals surface area contributed by atoms with Gasteiger partial charge in [0.25, 0.3) is 5.91 Å². The SMILES string of the molecule is [2H]C([2H])(O)C([2H])([2H])N1CCN(c2cc(/N=c3/sc(C(=O)Nc4c(C)cccc4Cl)cn3Cc3ccc(OC)cc3)nc(C)n2)CC1. The number of aromatic nitrogens is 3. The van der Waals surface area contributed by atoms with Crippen molar-refractivity contribution in [1.82, 2.24) is 19.4 Å². The van der Waals surface area contributed by atoms with Crippen LogP contribution in [0.4, 0.5) is 17.3 Å². The number of hydrogen-bond acceptors (Lipinski definition) is 9. The summed E-state index contributed by atoms with van der Waals surface area (Å²) in [6.07, 6.45) is 1.75. The maximum Gasteiger partial charge on any atom is 0.267 e. The van der Waals surface area contributed by atoms with Crippen molar-refractivity contribution in [3.05, 3.63) is 86.4 Å². The Kier molecular flexibility index (Phi) is 7.95. The highest BCUT2D eigenvalue weighted by Gasteiger charge is 2.19. The first-order valence-corrected chi connectivity index (χ1v) is 14.5. The van der Waals surface area contributed by atoms with Gasteiger partial charge in [0.15, 0.2) is 10.6 Å². The van der Waals surface area contributed by atoms with Gasteiger partial charge in [-0.25, -0.2) is 15.0 Å². The molecule has 0 bridgehead atoms. The lowest BCUT2D eigenvalue weighted by Crippen LogP contribution is -2.47. The molecule has 10 nitrogen and oxygen atoms in total. The molecule has 1 amide bonds. The third kappa shape index (κ3) is 7.16. The van der Waals surface area contributed by atoms with Gasteiger partial charge in [0.2, 0.25) is 0 Å². The zero-order valence-corrected chi connectivity index (χ0v) is 25.0. The number of nitrogens with one attached hydrogen (secondary N) is 1. The summed E-state index contributed by atoms with van der Waals surface area (Å²) < 4.78 is 38.2. The number of β-amino-alcohol motifs (C(OH)–C–C–N with tert-alkyl or cyclic N) is 1. The molecule has 1 aliphatic rings. The summed E-state index contributed by atoms with van der Waals surface area (Å²) in [5.74, 6) is 1.85. The molecule has 3 heterocycles. The molecule has 12 heteroatoms. The highest BCUT2D eigenvalue weighted by Crippen LogP contribution is 2.26. The molecule has 2 aromatic carbocycles. The van der Waals surface area contributed by atoms with Crippen LogP contribution in [0.3, 0.4) is 0 Å². The van der Waals surface area contributed by atoms with Crippen molar-refractivity contribution in [3.63, 3.8) is 0 Å². The van der Waals surface area contributed by atoms with Crippen LogP contribution in [0.2, 0.25) is 5.02 Å². The molecule has 2 N–H and O–H groups in total. The highest BCUT2D eigenvalue weighted by molar-refractivity contribution is 7.11. The van der Waals surface area contributed by atoms with Gasteiger partial charge >= 0.3 is 0 Å². The minimum absolute atomic E-state index is 0.179. The van der Waals surface area contributed by atoms with E-state index in [1.165, 1.54) is 16.2 Å². The Morgan fingerprint density at radius 2 is 1.93 bits per heavy atom. The standard InChI is InChI=1S/C30H34ClN7O3S/c1-20-5-4-6-24(31)28(20)35-29(40)25-19-38(18-22-7-9-23(41-3)10-8-22)30(42-25)34-26-17-27(33-21(2)32-26)37-13-11-36(12-14-37)15-16-39/h4-10,17,19,39H,11-16,18H2,1-3H3,(H,35,40)/b34-30+/i15D2,16D2. The van der Waals surface area contributed by atoms with Crippen LogP contribution in [0, 0.1) is 13.8 Å². The third-order valence-electron chi connectivity index (χ3n) is 6.75. The number of aliphatic hydroxyl groups is 1. The average Bonchev–Trinajstić information content (AvgIpc) is 3.40. The number of carbonyl (C=O) groups excluding carboxylic acids is 1. The number of para-hydroxylation sites is 1. The second-order valence-corrected chi connectivity index (χ2v) is 11.1. The van der Waals surface area contributed by atoms with Crippen LogP contribution in [-0.4, -0.2) is 76.8 Å². The van der Waals surface area contributed by atoms with E-state index in [4.69, 9.17) is 26.8 Å². The van der Waals surface area contributed by atoms with Gasteiger partial charge in [-0.1, -0.05) is 47.2 Å². The van der Waals surface area contributed by atoms with Gasteiger partial charge in [0, 0.05) is 54.2 Å². The monoisotopic (exact) mass is 611 g/mol. The Balaban J connectivity index is 1.46. The number of carbonyl (C=O) groups is 1. The van der Waals surface area contributed by atoms with Crippen LogP contribution < -0.4 is 19.8 Å². The van der Waals surface area contributed by atoms with Gasteiger partial charge in [-0.2, -0.15) is 0 Å². The van der Waals surface area contributed by atoms with E-state index >= 15 is 0 Å². The predicted molar refractivity (Wildman–Crippen MR) is 166 cm³/mol. The first-order valence-electron chi connectivity index (χ1n) is 15.3. The topological polar surface area (TPSA) is 108 Å². The number of hydrogen-bond donors (Lipinski definition) is 2. The first-order chi connectivity index (χ1) is 21.7. The number of nitrogens with zero attached hydrogens (tertiary/aromatic N) is 6. The number of thiazole rings is 1. The second-order valence-electron chi connectivity index (χ2n) is 9.68. The third-order valence-corrected chi connectivity index (χ3v) is 8.08. The molecule has 42 heavy (non-hydrogen) atoms.